The molecule has 0 bridgehead atoms. The first-order valence-corrected chi connectivity index (χ1v) is 37.7. The van der Waals surface area contributed by atoms with Gasteiger partial charge in [-0.25, -0.2) is 0 Å². The number of hydrogen-bond donors (Lipinski definition) is 0. The lowest BCUT2D eigenvalue weighted by Gasteiger charge is -2.26. The molecule has 1 heterocycles. The molecule has 0 unspecified atom stereocenters. The number of benzene rings is 19. The number of hydrogen-bond acceptors (Lipinski definition) is 1. The molecule has 0 saturated carbocycles. The van der Waals surface area contributed by atoms with E-state index >= 15 is 0 Å². The summed E-state index contributed by atoms with van der Waals surface area (Å²) in [5.74, 6) is 0. The molecule has 0 fully saturated rings. The van der Waals surface area contributed by atoms with Crippen molar-refractivity contribution in [2.75, 3.05) is 0 Å². The van der Waals surface area contributed by atoms with Crippen molar-refractivity contribution in [3.63, 3.8) is 0 Å². The van der Waals surface area contributed by atoms with E-state index in [-0.39, 0.29) is 10.8 Å². The summed E-state index contributed by atoms with van der Waals surface area (Å²) in [7, 11) is 0. The lowest BCUT2D eigenvalue weighted by molar-refractivity contribution is 0.668. The van der Waals surface area contributed by atoms with Gasteiger partial charge in [-0.05, 0) is 222 Å². The Morgan fingerprint density at radius 2 is 0.448 bits per heavy atom. The van der Waals surface area contributed by atoms with Crippen LogP contribution in [-0.2, 0) is 10.8 Å². The molecule has 0 saturated heterocycles. The number of fused-ring (bicyclic) bond motifs is 20. The van der Waals surface area contributed by atoms with Crippen LogP contribution in [0.2, 0.25) is 0 Å². The molecule has 2 aliphatic carbocycles. The van der Waals surface area contributed by atoms with Gasteiger partial charge in [0.1, 0.15) is 0 Å². The van der Waals surface area contributed by atoms with Crippen molar-refractivity contribution in [1.82, 2.24) is 0 Å². The monoisotopic (exact) mass is 1350 g/mol. The topological polar surface area (TPSA) is 0 Å². The largest absolute Gasteiger partial charge is 0.135 e. The fourth-order valence-corrected chi connectivity index (χ4v) is 20.2. The third-order valence-corrected chi connectivity index (χ3v) is 24.8. The van der Waals surface area contributed by atoms with Crippen LogP contribution in [0.3, 0.4) is 0 Å². The van der Waals surface area contributed by atoms with Crippen molar-refractivity contribution in [3.8, 4) is 89.0 Å². The van der Waals surface area contributed by atoms with Gasteiger partial charge in [0.05, 0.1) is 0 Å². The van der Waals surface area contributed by atoms with Crippen LogP contribution < -0.4 is 0 Å². The maximum Gasteiger partial charge on any atom is 0.0355 e. The minimum absolute atomic E-state index is 0.124. The second-order valence-corrected chi connectivity index (χ2v) is 31.1. The Balaban J connectivity index is 0.000000135. The molecule has 0 nitrogen and oxygen atoms in total. The average molecular weight is 1350 g/mol. The van der Waals surface area contributed by atoms with Crippen LogP contribution in [0.5, 0.6) is 0 Å². The minimum atomic E-state index is -0.127. The van der Waals surface area contributed by atoms with Crippen molar-refractivity contribution in [3.05, 3.63) is 374 Å². The van der Waals surface area contributed by atoms with Crippen LogP contribution in [0, 0.1) is 0 Å². The molecular formula is C104H70S. The lowest BCUT2D eigenvalue weighted by Crippen LogP contribution is -2.16. The normalized spacial score (nSPS) is 13.3. The van der Waals surface area contributed by atoms with Crippen LogP contribution in [0.25, 0.3) is 195 Å². The van der Waals surface area contributed by atoms with Gasteiger partial charge >= 0.3 is 0 Å². The SMILES string of the molecule is CC1(C)c2c(-c3ccc(-c4c5ccccc5c(-c5ccc6ccc7ccccc7c6c5)c5ccccc45)cc3)cccc2-c2ccc3ccccc3c21.CC1(C)c2c(-c3ccc(-c4c5ccccc5c(-c5ccc6sc7ccccc7c6c5)c5ccccc45)cc3)cccc2-c2ccc3ccccc3c21. The molecule has 0 radical (unpaired) electrons. The average Bonchev–Trinajstić information content (AvgIpc) is 1.61. The molecule has 0 amide bonds. The van der Waals surface area contributed by atoms with Gasteiger partial charge in [-0.3, -0.25) is 0 Å². The summed E-state index contributed by atoms with van der Waals surface area (Å²) in [6.07, 6.45) is 0. The molecule has 2 aliphatic rings. The van der Waals surface area contributed by atoms with E-state index in [1.807, 2.05) is 11.3 Å². The minimum Gasteiger partial charge on any atom is -0.135 e. The Kier molecular flexibility index (Phi) is 13.7. The van der Waals surface area contributed by atoms with Crippen molar-refractivity contribution in [2.45, 2.75) is 38.5 Å². The smallest absolute Gasteiger partial charge is 0.0355 e. The van der Waals surface area contributed by atoms with Gasteiger partial charge < -0.3 is 0 Å². The zero-order chi connectivity index (χ0) is 69.8. The van der Waals surface area contributed by atoms with Gasteiger partial charge in [0, 0.05) is 31.0 Å². The third kappa shape index (κ3) is 9.31. The maximum absolute atomic E-state index is 2.41. The Hall–Kier alpha value is -12.5. The molecule has 105 heavy (non-hydrogen) atoms. The highest BCUT2D eigenvalue weighted by atomic mass is 32.1. The Morgan fingerprint density at radius 1 is 0.171 bits per heavy atom. The van der Waals surface area contributed by atoms with E-state index in [4.69, 9.17) is 0 Å². The molecule has 19 aromatic carbocycles. The van der Waals surface area contributed by atoms with E-state index in [0.29, 0.717) is 0 Å². The zero-order valence-electron chi connectivity index (χ0n) is 58.9. The Labute approximate surface area is 615 Å². The highest BCUT2D eigenvalue weighted by molar-refractivity contribution is 7.25. The summed E-state index contributed by atoms with van der Waals surface area (Å²) in [6.45, 7) is 9.61. The molecule has 20 aromatic rings. The molecule has 492 valence electrons. The highest BCUT2D eigenvalue weighted by Gasteiger charge is 2.40. The lowest BCUT2D eigenvalue weighted by atomic mass is 9.77. The van der Waals surface area contributed by atoms with Crippen molar-refractivity contribution >= 4 is 118 Å². The summed E-state index contributed by atoms with van der Waals surface area (Å²) in [6, 6.07) is 131. The third-order valence-electron chi connectivity index (χ3n) is 23.6. The van der Waals surface area contributed by atoms with E-state index < -0.39 is 0 Å². The first-order chi connectivity index (χ1) is 51.6. The van der Waals surface area contributed by atoms with Gasteiger partial charge in [-0.2, -0.15) is 0 Å². The number of thiophene rings is 1. The van der Waals surface area contributed by atoms with Gasteiger partial charge in [0.25, 0.3) is 0 Å². The standard InChI is InChI=1S/C53H36.C51H34S/c1-53(2)51-41(20-11-21-46(51)47-31-30-34-13-4-6-15-40(34)52(47)53)35-24-27-37(28-25-35)49-42-16-7-9-18-44(42)50(45-19-10-8-17-43(45)49)38-29-26-36-23-22-33-12-3-5-14-39(33)48(36)32-38;1-51(2)49-36(19-11-20-42(49)43-28-26-31-12-3-4-13-35(31)50(43)51)32-22-24-33(25-23-32)47-38-15-5-7-17-40(38)48(41-18-8-6-16-39(41)47)34-27-29-46-44(30-34)37-14-9-10-21-45(37)52-46/h3-32H,1-2H3;3-30H,1-2H3. The first kappa shape index (κ1) is 61.2. The van der Waals surface area contributed by atoms with Gasteiger partial charge in [0.15, 0.2) is 0 Å². The van der Waals surface area contributed by atoms with E-state index in [1.54, 1.807) is 0 Å². The molecular weight excluding hydrogens is 1280 g/mol. The summed E-state index contributed by atoms with van der Waals surface area (Å²) in [4.78, 5) is 0. The summed E-state index contributed by atoms with van der Waals surface area (Å²) in [5.41, 5.74) is 26.2. The van der Waals surface area contributed by atoms with E-state index in [1.165, 1.54) is 218 Å². The number of rotatable bonds is 6. The van der Waals surface area contributed by atoms with Crippen molar-refractivity contribution in [2.24, 2.45) is 0 Å². The fraction of sp³-hybridized carbons (Fsp3) is 0.0577. The van der Waals surface area contributed by atoms with E-state index in [9.17, 15) is 0 Å². The van der Waals surface area contributed by atoms with Gasteiger partial charge in [-0.15, -0.1) is 11.3 Å². The van der Waals surface area contributed by atoms with E-state index in [2.05, 4.69) is 380 Å². The Morgan fingerprint density at radius 3 is 0.886 bits per heavy atom. The summed E-state index contributed by atoms with van der Waals surface area (Å²) >= 11 is 1.88. The maximum atomic E-state index is 2.41. The second kappa shape index (κ2) is 23.5. The fourth-order valence-electron chi connectivity index (χ4n) is 19.1. The van der Waals surface area contributed by atoms with Crippen LogP contribution >= 0.6 is 11.3 Å². The van der Waals surface area contributed by atoms with Crippen LogP contribution in [0.15, 0.2) is 352 Å². The molecule has 0 N–H and O–H groups in total. The highest BCUT2D eigenvalue weighted by Crippen LogP contribution is 2.57. The molecule has 0 atom stereocenters. The first-order valence-electron chi connectivity index (χ1n) is 36.9. The molecule has 0 spiro atoms. The van der Waals surface area contributed by atoms with E-state index in [0.717, 1.165) is 0 Å². The van der Waals surface area contributed by atoms with Crippen molar-refractivity contribution < 1.29 is 0 Å². The quantitative estimate of drug-likeness (QED) is 0.115. The molecule has 22 rings (SSSR count). The van der Waals surface area contributed by atoms with Gasteiger partial charge in [0.2, 0.25) is 0 Å². The predicted molar refractivity (Wildman–Crippen MR) is 454 cm³/mol. The van der Waals surface area contributed by atoms with Crippen LogP contribution in [-0.4, -0.2) is 0 Å². The molecule has 0 aliphatic heterocycles. The molecule has 1 heteroatoms. The summed E-state index contributed by atoms with van der Waals surface area (Å²) in [5, 5.41) is 23.3. The second-order valence-electron chi connectivity index (χ2n) is 30.0. The Bertz CT molecular complexity index is 6940. The van der Waals surface area contributed by atoms with Crippen LogP contribution in [0.4, 0.5) is 0 Å². The molecule has 1 aromatic heterocycles. The van der Waals surface area contributed by atoms with Gasteiger partial charge in [-0.1, -0.05) is 355 Å². The van der Waals surface area contributed by atoms with Crippen molar-refractivity contribution in [1.29, 1.82) is 0 Å². The summed E-state index contributed by atoms with van der Waals surface area (Å²) < 4.78 is 2.67. The zero-order valence-corrected chi connectivity index (χ0v) is 59.7. The predicted octanol–water partition coefficient (Wildman–Crippen LogP) is 29.6. The van der Waals surface area contributed by atoms with Crippen LogP contribution in [0.1, 0.15) is 49.9 Å².